The van der Waals surface area contributed by atoms with Gasteiger partial charge in [0.25, 0.3) is 0 Å². The highest BCUT2D eigenvalue weighted by molar-refractivity contribution is 6.01. The van der Waals surface area contributed by atoms with Gasteiger partial charge in [0.05, 0.1) is 18.3 Å². The number of nitrogens with two attached hydrogens (primary N) is 1. The number of aryl methyl sites for hydroxylation is 1. The topological polar surface area (TPSA) is 88.3 Å². The third-order valence-electron chi connectivity index (χ3n) is 3.77. The second-order valence-electron chi connectivity index (χ2n) is 5.17. The minimum absolute atomic E-state index is 0.207. The van der Waals surface area contributed by atoms with Crippen LogP contribution in [-0.2, 0) is 16.1 Å². The van der Waals surface area contributed by atoms with Gasteiger partial charge in [0.1, 0.15) is 0 Å². The van der Waals surface area contributed by atoms with Crippen LogP contribution >= 0.6 is 0 Å². The van der Waals surface area contributed by atoms with Gasteiger partial charge < -0.3 is 5.73 Å². The summed E-state index contributed by atoms with van der Waals surface area (Å²) in [7, 11) is 0. The van der Waals surface area contributed by atoms with Crippen molar-refractivity contribution in [1.82, 2.24) is 15.2 Å². The van der Waals surface area contributed by atoms with E-state index in [9.17, 15) is 9.59 Å². The molecule has 0 spiro atoms. The number of piperazine rings is 1. The first-order valence-electron chi connectivity index (χ1n) is 6.72. The minimum Gasteiger partial charge on any atom is -0.398 e. The third-order valence-corrected chi connectivity index (χ3v) is 3.77. The molecule has 0 aliphatic carbocycles. The SMILES string of the molecule is CCC1C(=O)NC(=O)CN1Cc1ncc(C)c(N)c1C. The molecule has 1 aliphatic heterocycles. The van der Waals surface area contributed by atoms with Crippen molar-refractivity contribution in [3.63, 3.8) is 0 Å². The Kier molecular flexibility index (Phi) is 4.04. The highest BCUT2D eigenvalue weighted by Crippen LogP contribution is 2.21. The fourth-order valence-corrected chi connectivity index (χ4v) is 2.47. The normalized spacial score (nSPS) is 20.1. The van der Waals surface area contributed by atoms with Gasteiger partial charge in [-0.1, -0.05) is 6.92 Å². The number of amides is 2. The largest absolute Gasteiger partial charge is 0.398 e. The molecule has 1 saturated heterocycles. The highest BCUT2D eigenvalue weighted by atomic mass is 16.2. The molecule has 3 N–H and O–H groups in total. The van der Waals surface area contributed by atoms with Crippen molar-refractivity contribution >= 4 is 17.5 Å². The number of aromatic nitrogens is 1. The Labute approximate surface area is 118 Å². The molecule has 1 aromatic rings. The first-order chi connectivity index (χ1) is 9.43. The van der Waals surface area contributed by atoms with Gasteiger partial charge in [0.15, 0.2) is 0 Å². The molecule has 0 saturated carbocycles. The Morgan fingerprint density at radius 2 is 2.15 bits per heavy atom. The Bertz CT molecular complexity index is 556. The first kappa shape index (κ1) is 14.5. The molecular formula is C14H20N4O2. The number of hydrogen-bond donors (Lipinski definition) is 2. The summed E-state index contributed by atoms with van der Waals surface area (Å²) >= 11 is 0. The summed E-state index contributed by atoms with van der Waals surface area (Å²) in [6.45, 7) is 6.41. The fraction of sp³-hybridized carbons (Fsp3) is 0.500. The lowest BCUT2D eigenvalue weighted by molar-refractivity contribution is -0.140. The maximum absolute atomic E-state index is 11.8. The van der Waals surface area contributed by atoms with Crippen molar-refractivity contribution in [2.75, 3.05) is 12.3 Å². The van der Waals surface area contributed by atoms with Gasteiger partial charge >= 0.3 is 0 Å². The predicted molar refractivity (Wildman–Crippen MR) is 75.8 cm³/mol. The number of carbonyl (C=O) groups excluding carboxylic acids is 2. The average molecular weight is 276 g/mol. The lowest BCUT2D eigenvalue weighted by Gasteiger charge is -2.33. The van der Waals surface area contributed by atoms with Crippen LogP contribution < -0.4 is 11.1 Å². The van der Waals surface area contributed by atoms with Crippen LogP contribution in [0.25, 0.3) is 0 Å². The summed E-state index contributed by atoms with van der Waals surface area (Å²) < 4.78 is 0. The standard InChI is InChI=1S/C14H20N4O2/c1-4-11-14(20)17-12(19)7-18(11)6-10-9(3)13(15)8(2)5-16-10/h5,11H,4,6-7H2,1-3H3,(H2,15,16)(H,17,19,20). The van der Waals surface area contributed by atoms with Crippen LogP contribution in [0.15, 0.2) is 6.20 Å². The lowest BCUT2D eigenvalue weighted by Crippen LogP contribution is -2.57. The molecule has 1 atom stereocenters. The smallest absolute Gasteiger partial charge is 0.243 e. The molecule has 1 fully saturated rings. The Morgan fingerprint density at radius 3 is 2.80 bits per heavy atom. The van der Waals surface area contributed by atoms with Crippen LogP contribution in [0, 0.1) is 13.8 Å². The number of hydrogen-bond acceptors (Lipinski definition) is 5. The molecule has 0 bridgehead atoms. The molecule has 108 valence electrons. The van der Waals surface area contributed by atoms with Crippen molar-refractivity contribution in [3.8, 4) is 0 Å². The molecule has 20 heavy (non-hydrogen) atoms. The van der Waals surface area contributed by atoms with Crippen LogP contribution in [0.2, 0.25) is 0 Å². The van der Waals surface area contributed by atoms with E-state index in [1.807, 2.05) is 25.7 Å². The van der Waals surface area contributed by atoms with E-state index in [0.717, 1.165) is 22.5 Å². The quantitative estimate of drug-likeness (QED) is 0.786. The van der Waals surface area contributed by atoms with Crippen LogP contribution in [0.4, 0.5) is 5.69 Å². The van der Waals surface area contributed by atoms with Crippen LogP contribution in [0.5, 0.6) is 0 Å². The van der Waals surface area contributed by atoms with Gasteiger partial charge in [-0.3, -0.25) is 24.8 Å². The Balaban J connectivity index is 2.25. The molecule has 1 aliphatic rings. The van der Waals surface area contributed by atoms with E-state index < -0.39 is 0 Å². The molecule has 2 rings (SSSR count). The predicted octanol–water partition coefficient (Wildman–Crippen LogP) is 0.518. The van der Waals surface area contributed by atoms with E-state index in [2.05, 4.69) is 10.3 Å². The zero-order valence-corrected chi connectivity index (χ0v) is 12.1. The molecule has 0 radical (unpaired) electrons. The highest BCUT2D eigenvalue weighted by Gasteiger charge is 2.32. The number of imide groups is 1. The molecule has 1 unspecified atom stereocenters. The molecule has 6 heteroatoms. The number of carbonyl (C=O) groups is 2. The Hall–Kier alpha value is -1.95. The van der Waals surface area contributed by atoms with Gasteiger partial charge in [0, 0.05) is 18.4 Å². The molecule has 2 heterocycles. The van der Waals surface area contributed by atoms with E-state index in [0.29, 0.717) is 13.0 Å². The second kappa shape index (κ2) is 5.58. The van der Waals surface area contributed by atoms with E-state index >= 15 is 0 Å². The lowest BCUT2D eigenvalue weighted by atomic mass is 10.1. The van der Waals surface area contributed by atoms with E-state index in [-0.39, 0.29) is 24.4 Å². The zero-order chi connectivity index (χ0) is 14.9. The molecular weight excluding hydrogens is 256 g/mol. The van der Waals surface area contributed by atoms with Gasteiger partial charge in [-0.05, 0) is 31.4 Å². The van der Waals surface area contributed by atoms with Crippen molar-refractivity contribution < 1.29 is 9.59 Å². The molecule has 0 aromatic carbocycles. The van der Waals surface area contributed by atoms with Crippen LogP contribution in [0.1, 0.15) is 30.2 Å². The average Bonchev–Trinajstić information content (AvgIpc) is 2.39. The van der Waals surface area contributed by atoms with Crippen molar-refractivity contribution in [2.24, 2.45) is 0 Å². The van der Waals surface area contributed by atoms with Gasteiger partial charge in [-0.2, -0.15) is 0 Å². The van der Waals surface area contributed by atoms with Gasteiger partial charge in [-0.15, -0.1) is 0 Å². The monoisotopic (exact) mass is 276 g/mol. The summed E-state index contributed by atoms with van der Waals surface area (Å²) in [5.74, 6) is -0.501. The van der Waals surface area contributed by atoms with E-state index in [4.69, 9.17) is 5.73 Å². The molecule has 6 nitrogen and oxygen atoms in total. The summed E-state index contributed by atoms with van der Waals surface area (Å²) in [5, 5.41) is 2.37. The number of rotatable bonds is 3. The second-order valence-corrected chi connectivity index (χ2v) is 5.17. The van der Waals surface area contributed by atoms with E-state index in [1.165, 1.54) is 0 Å². The fourth-order valence-electron chi connectivity index (χ4n) is 2.47. The van der Waals surface area contributed by atoms with Gasteiger partial charge in [0.2, 0.25) is 11.8 Å². The minimum atomic E-state index is -0.295. The van der Waals surface area contributed by atoms with Crippen LogP contribution in [0.3, 0.4) is 0 Å². The summed E-state index contributed by atoms with van der Waals surface area (Å²) in [5.41, 5.74) is 9.39. The molecule has 1 aromatic heterocycles. The maximum Gasteiger partial charge on any atom is 0.243 e. The van der Waals surface area contributed by atoms with E-state index in [1.54, 1.807) is 6.20 Å². The van der Waals surface area contributed by atoms with Gasteiger partial charge in [-0.25, -0.2) is 0 Å². The number of nitrogens with zero attached hydrogens (tertiary/aromatic N) is 2. The maximum atomic E-state index is 11.8. The number of pyridine rings is 1. The first-order valence-corrected chi connectivity index (χ1v) is 6.72. The van der Waals surface area contributed by atoms with Crippen LogP contribution in [-0.4, -0.2) is 34.3 Å². The van der Waals surface area contributed by atoms with Crippen molar-refractivity contribution in [1.29, 1.82) is 0 Å². The molecule has 2 amide bonds. The number of nitrogen functional groups attached to an aromatic ring is 1. The summed E-state index contributed by atoms with van der Waals surface area (Å²) in [4.78, 5) is 29.6. The summed E-state index contributed by atoms with van der Waals surface area (Å²) in [6.07, 6.45) is 2.38. The van der Waals surface area contributed by atoms with Crippen molar-refractivity contribution in [3.05, 3.63) is 23.0 Å². The van der Waals surface area contributed by atoms with Crippen molar-refractivity contribution in [2.45, 2.75) is 39.8 Å². The third kappa shape index (κ3) is 2.65. The number of anilines is 1. The zero-order valence-electron chi connectivity index (χ0n) is 12.1. The Morgan fingerprint density at radius 1 is 1.45 bits per heavy atom. The summed E-state index contributed by atoms with van der Waals surface area (Å²) in [6, 6.07) is -0.295. The number of nitrogens with one attached hydrogen (secondary N) is 1.